The molecule has 13 nitrogen and oxygen atoms in total. The van der Waals surface area contributed by atoms with E-state index in [1.807, 2.05) is 69.1 Å². The molecule has 2 aliphatic heterocycles. The van der Waals surface area contributed by atoms with Crippen LogP contribution in [0.2, 0.25) is 5.02 Å². The fourth-order valence-electron chi connectivity index (χ4n) is 8.71. The minimum absolute atomic E-state index is 0.0523. The molecular formula is C50H58ClF3N6O7S3. The van der Waals surface area contributed by atoms with Crippen LogP contribution in [0.1, 0.15) is 46.9 Å². The highest BCUT2D eigenvalue weighted by Crippen LogP contribution is 2.40. The van der Waals surface area contributed by atoms with Gasteiger partial charge in [0.05, 0.1) is 23.3 Å². The van der Waals surface area contributed by atoms with E-state index in [4.69, 9.17) is 11.6 Å². The van der Waals surface area contributed by atoms with Crippen molar-refractivity contribution in [1.82, 2.24) is 19.8 Å². The van der Waals surface area contributed by atoms with Crippen molar-refractivity contribution in [2.24, 2.45) is 5.92 Å². The van der Waals surface area contributed by atoms with E-state index < -0.39 is 58.9 Å². The van der Waals surface area contributed by atoms with Gasteiger partial charge in [-0.05, 0) is 122 Å². The molecule has 2 aliphatic rings. The molecule has 7 rings (SSSR count). The van der Waals surface area contributed by atoms with Gasteiger partial charge in [-0.3, -0.25) is 9.69 Å². The van der Waals surface area contributed by atoms with Gasteiger partial charge in [0.2, 0.25) is 0 Å². The highest BCUT2D eigenvalue weighted by atomic mass is 35.5. The van der Waals surface area contributed by atoms with Gasteiger partial charge < -0.3 is 30.6 Å². The number of carbonyl (C=O) groups excluding carboxylic acids is 1. The number of rotatable bonds is 20. The molecule has 0 unspecified atom stereocenters. The van der Waals surface area contributed by atoms with E-state index >= 15 is 0 Å². The van der Waals surface area contributed by atoms with Crippen molar-refractivity contribution in [2.75, 3.05) is 82.0 Å². The summed E-state index contributed by atoms with van der Waals surface area (Å²) >= 11 is 7.61. The molecule has 0 spiro atoms. The first-order valence-corrected chi connectivity index (χ1v) is 27.4. The third-order valence-electron chi connectivity index (χ3n) is 12.6. The zero-order valence-corrected chi connectivity index (χ0v) is 41.8. The molecule has 70 heavy (non-hydrogen) atoms. The van der Waals surface area contributed by atoms with E-state index in [-0.39, 0.29) is 18.1 Å². The molecule has 1 amide bonds. The summed E-state index contributed by atoms with van der Waals surface area (Å²) in [7, 11) is -9.27. The first-order valence-electron chi connectivity index (χ1n) is 23.0. The van der Waals surface area contributed by atoms with Gasteiger partial charge in [0.15, 0.2) is 0 Å². The highest BCUT2D eigenvalue weighted by molar-refractivity contribution is 7.99. The lowest BCUT2D eigenvalue weighted by Crippen LogP contribution is -2.42. The first kappa shape index (κ1) is 53.1. The molecule has 2 heterocycles. The molecule has 5 aromatic carbocycles. The number of sulfonamides is 1. The second-order valence-electron chi connectivity index (χ2n) is 17.6. The number of likely N-dealkylation sites (N-methyl/N-ethyl adjacent to an activating group) is 1. The van der Waals surface area contributed by atoms with Crippen molar-refractivity contribution >= 4 is 60.5 Å². The maximum absolute atomic E-state index is 14.2. The van der Waals surface area contributed by atoms with E-state index in [0.717, 1.165) is 72.0 Å². The number of anilines is 2. The standard InChI is InChI=1S/C50H58ClF3N6O7S3/c1-58(28-29-61)23-20-40(34-68-42-8-3-2-4-9-42)56-46-17-15-43(32-47(46)69(64,65)50(52,53)54)70(66,67)57-49(63)38-6-5-7-41(31-38)60-24-18-37(19-25-60)48(62)45-30-35(33-59-26-21-55-22-27-59)10-16-44(45)36-11-13-39(51)14-12-36/h2-17,30-32,37,40,48,55-56,61-62H,18-29,33-34H2,1H3,(H,57,63)/t40-,48-/m1/s1. The molecule has 5 N–H and O–H groups in total. The van der Waals surface area contributed by atoms with Crippen LogP contribution < -0.4 is 20.3 Å². The predicted molar refractivity (Wildman–Crippen MR) is 269 cm³/mol. The van der Waals surface area contributed by atoms with Gasteiger partial charge in [0, 0.05) is 85.3 Å². The zero-order valence-electron chi connectivity index (χ0n) is 38.6. The number of piperidine rings is 1. The van der Waals surface area contributed by atoms with Crippen molar-refractivity contribution in [1.29, 1.82) is 0 Å². The fraction of sp³-hybridized carbons (Fsp3) is 0.380. The number of piperazine rings is 1. The number of hydrogen-bond donors (Lipinski definition) is 5. The van der Waals surface area contributed by atoms with Crippen molar-refractivity contribution in [3.63, 3.8) is 0 Å². The summed E-state index contributed by atoms with van der Waals surface area (Å²) in [6, 6.07) is 31.0. The normalized spacial score (nSPS) is 16.3. The van der Waals surface area contributed by atoms with Gasteiger partial charge in [0.1, 0.15) is 4.90 Å². The Balaban J connectivity index is 1.05. The predicted octanol–water partition coefficient (Wildman–Crippen LogP) is 7.66. The molecule has 5 aromatic rings. The second kappa shape index (κ2) is 23.7. The number of thioether (sulfide) groups is 1. The van der Waals surface area contributed by atoms with E-state index in [9.17, 15) is 45.0 Å². The fourth-order valence-corrected chi connectivity index (χ4v) is 11.9. The summed E-state index contributed by atoms with van der Waals surface area (Å²) in [6.07, 6.45) is 0.763. The topological polar surface area (TPSA) is 172 Å². The average Bonchev–Trinajstić information content (AvgIpc) is 3.35. The Morgan fingerprint density at radius 3 is 2.29 bits per heavy atom. The summed E-state index contributed by atoms with van der Waals surface area (Å²) in [5.41, 5.74) is -1.87. The van der Waals surface area contributed by atoms with Gasteiger partial charge in [0.25, 0.3) is 25.8 Å². The number of alkyl halides is 3. The van der Waals surface area contributed by atoms with Gasteiger partial charge in [-0.2, -0.15) is 13.2 Å². The zero-order chi connectivity index (χ0) is 50.1. The number of halogens is 4. The third-order valence-corrected chi connectivity index (χ3v) is 16.9. The lowest BCUT2D eigenvalue weighted by molar-refractivity contribution is -0.0435. The number of sulfone groups is 1. The molecular weight excluding hydrogens is 985 g/mol. The minimum Gasteiger partial charge on any atom is -0.395 e. The SMILES string of the molecule is CN(CCO)CC[C@H](CSc1ccccc1)Nc1ccc(S(=O)(=O)NC(=O)c2cccc(N3CCC([C@@H](O)c4cc(CN5CCNCC5)ccc4-c4ccc(Cl)cc4)CC3)c2)cc1S(=O)(=O)C(F)(F)F. The van der Waals surface area contributed by atoms with Crippen LogP contribution in [-0.2, 0) is 26.4 Å². The average molecular weight is 1040 g/mol. The summed E-state index contributed by atoms with van der Waals surface area (Å²) in [6.45, 7) is 6.12. The van der Waals surface area contributed by atoms with Crippen LogP contribution in [0, 0.1) is 5.92 Å². The lowest BCUT2D eigenvalue weighted by Gasteiger charge is -2.36. The Morgan fingerprint density at radius 2 is 1.60 bits per heavy atom. The van der Waals surface area contributed by atoms with Crippen molar-refractivity contribution in [3.05, 3.63) is 137 Å². The molecule has 2 fully saturated rings. The Morgan fingerprint density at radius 1 is 0.886 bits per heavy atom. The summed E-state index contributed by atoms with van der Waals surface area (Å²) in [5.74, 6) is -0.871. The molecule has 0 radical (unpaired) electrons. The van der Waals surface area contributed by atoms with E-state index in [0.29, 0.717) is 68.0 Å². The largest absolute Gasteiger partial charge is 0.501 e. The maximum Gasteiger partial charge on any atom is 0.501 e. The van der Waals surface area contributed by atoms with E-state index in [2.05, 4.69) is 33.7 Å². The van der Waals surface area contributed by atoms with Gasteiger partial charge in [-0.25, -0.2) is 21.6 Å². The second-order valence-corrected chi connectivity index (χ2v) is 22.7. The van der Waals surface area contributed by atoms with Crippen LogP contribution in [0.25, 0.3) is 11.1 Å². The van der Waals surface area contributed by atoms with Crippen LogP contribution in [0.4, 0.5) is 24.5 Å². The monoisotopic (exact) mass is 1040 g/mol. The van der Waals surface area contributed by atoms with Crippen LogP contribution >= 0.6 is 23.4 Å². The number of aliphatic hydroxyl groups is 2. The summed E-state index contributed by atoms with van der Waals surface area (Å²) < 4.78 is 98.2. The van der Waals surface area contributed by atoms with Crippen molar-refractivity contribution in [3.8, 4) is 11.1 Å². The number of amides is 1. The Labute approximate surface area is 417 Å². The third kappa shape index (κ3) is 13.6. The van der Waals surface area contributed by atoms with E-state index in [1.54, 1.807) is 19.2 Å². The van der Waals surface area contributed by atoms with Gasteiger partial charge in [-0.1, -0.05) is 66.2 Å². The molecule has 0 saturated carbocycles. The van der Waals surface area contributed by atoms with E-state index in [1.165, 1.54) is 23.9 Å². The molecule has 20 heteroatoms. The maximum atomic E-state index is 14.2. The quantitative estimate of drug-likeness (QED) is 0.0482. The Hall–Kier alpha value is -4.70. The molecule has 2 atom stereocenters. The molecule has 0 aliphatic carbocycles. The molecule has 376 valence electrons. The number of hydrogen-bond acceptors (Lipinski definition) is 13. The lowest BCUT2D eigenvalue weighted by atomic mass is 9.83. The van der Waals surface area contributed by atoms with Crippen LogP contribution in [0.3, 0.4) is 0 Å². The molecule has 0 aromatic heterocycles. The molecule has 0 bridgehead atoms. The number of nitrogens with zero attached hydrogens (tertiary/aromatic N) is 3. The van der Waals surface area contributed by atoms with Crippen molar-refractivity contribution in [2.45, 2.75) is 58.1 Å². The van der Waals surface area contributed by atoms with Crippen molar-refractivity contribution < 1.29 is 45.0 Å². The summed E-state index contributed by atoms with van der Waals surface area (Å²) in [4.78, 5) is 18.5. The molecule has 2 saturated heterocycles. The van der Waals surface area contributed by atoms with Crippen LogP contribution in [0.15, 0.2) is 130 Å². The number of carbonyl (C=O) groups is 1. The summed E-state index contributed by atoms with van der Waals surface area (Å²) in [5, 5.41) is 28.3. The van der Waals surface area contributed by atoms with Crippen LogP contribution in [-0.4, -0.2) is 126 Å². The van der Waals surface area contributed by atoms with Gasteiger partial charge >= 0.3 is 5.51 Å². The minimum atomic E-state index is -6.11. The van der Waals surface area contributed by atoms with Crippen LogP contribution in [0.5, 0.6) is 0 Å². The number of aliphatic hydroxyl groups excluding tert-OH is 2. The number of nitrogens with one attached hydrogen (secondary N) is 3. The highest BCUT2D eigenvalue weighted by Gasteiger charge is 2.48. The Kier molecular flexibility index (Phi) is 18.0. The number of benzene rings is 5. The first-order chi connectivity index (χ1) is 33.4. The van der Waals surface area contributed by atoms with Gasteiger partial charge in [-0.15, -0.1) is 11.8 Å². The smallest absolute Gasteiger partial charge is 0.395 e. The Bertz CT molecular complexity index is 2780.